The van der Waals surface area contributed by atoms with Crippen molar-refractivity contribution in [3.63, 3.8) is 0 Å². The second-order valence-corrected chi connectivity index (χ2v) is 7.04. The predicted octanol–water partition coefficient (Wildman–Crippen LogP) is 3.13. The highest BCUT2D eigenvalue weighted by Gasteiger charge is 2.09. The molecule has 3 rings (SSSR count). The normalized spacial score (nSPS) is 15.7. The first-order valence-corrected chi connectivity index (χ1v) is 9.78. The Labute approximate surface area is 166 Å². The van der Waals surface area contributed by atoms with Crippen LogP contribution in [0.2, 0.25) is 5.02 Å². The molecule has 0 unspecified atom stereocenters. The fourth-order valence-corrected chi connectivity index (χ4v) is 3.27. The summed E-state index contributed by atoms with van der Waals surface area (Å²) in [5.41, 5.74) is 9.45. The molecule has 0 atom stereocenters. The quantitative estimate of drug-likeness (QED) is 0.436. The molecule has 0 saturated carbocycles. The van der Waals surface area contributed by atoms with Crippen molar-refractivity contribution in [2.45, 2.75) is 13.0 Å². The van der Waals surface area contributed by atoms with Crippen molar-refractivity contribution in [2.24, 2.45) is 10.7 Å². The SMILES string of the molecule is NC(=NCc1ccccc1-c1ccc(Cl)cc1)NCCCN1CCOCC1. The van der Waals surface area contributed by atoms with E-state index in [0.717, 1.165) is 67.5 Å². The van der Waals surface area contributed by atoms with Gasteiger partial charge in [0.1, 0.15) is 0 Å². The molecule has 1 aliphatic rings. The zero-order chi connectivity index (χ0) is 18.9. The van der Waals surface area contributed by atoms with Crippen LogP contribution in [-0.4, -0.2) is 50.3 Å². The van der Waals surface area contributed by atoms with E-state index >= 15 is 0 Å². The lowest BCUT2D eigenvalue weighted by molar-refractivity contribution is 0.0376. The smallest absolute Gasteiger partial charge is 0.188 e. The van der Waals surface area contributed by atoms with Crippen molar-refractivity contribution < 1.29 is 4.74 Å². The van der Waals surface area contributed by atoms with E-state index in [-0.39, 0.29) is 0 Å². The van der Waals surface area contributed by atoms with E-state index < -0.39 is 0 Å². The Kier molecular flexibility index (Phi) is 7.51. The van der Waals surface area contributed by atoms with Crippen molar-refractivity contribution in [3.8, 4) is 11.1 Å². The Balaban J connectivity index is 1.50. The number of nitrogens with two attached hydrogens (primary N) is 1. The standard InChI is InChI=1S/C21H27ClN4O/c22-19-8-6-17(7-9-19)20-5-2-1-4-18(20)16-25-21(23)24-10-3-11-26-12-14-27-15-13-26/h1-2,4-9H,3,10-16H2,(H3,23,24,25). The molecule has 0 spiro atoms. The summed E-state index contributed by atoms with van der Waals surface area (Å²) in [6.45, 7) is 6.14. The molecule has 144 valence electrons. The first kappa shape index (κ1) is 19.7. The van der Waals surface area contributed by atoms with Gasteiger partial charge in [0.2, 0.25) is 0 Å². The van der Waals surface area contributed by atoms with Crippen molar-refractivity contribution in [1.82, 2.24) is 10.2 Å². The molecule has 3 N–H and O–H groups in total. The number of guanidine groups is 1. The molecule has 2 aromatic rings. The van der Waals surface area contributed by atoms with Crippen molar-refractivity contribution in [2.75, 3.05) is 39.4 Å². The molecule has 2 aromatic carbocycles. The van der Waals surface area contributed by atoms with Gasteiger partial charge in [-0.1, -0.05) is 48.0 Å². The van der Waals surface area contributed by atoms with Crippen LogP contribution in [0.3, 0.4) is 0 Å². The highest BCUT2D eigenvalue weighted by atomic mass is 35.5. The number of ether oxygens (including phenoxy) is 1. The average molecular weight is 387 g/mol. The van der Waals surface area contributed by atoms with E-state index in [4.69, 9.17) is 22.1 Å². The molecule has 1 fully saturated rings. The van der Waals surface area contributed by atoms with Gasteiger partial charge in [0.15, 0.2) is 5.96 Å². The molecule has 6 heteroatoms. The van der Waals surface area contributed by atoms with E-state index in [9.17, 15) is 0 Å². The van der Waals surface area contributed by atoms with Gasteiger partial charge in [-0.25, -0.2) is 4.99 Å². The maximum absolute atomic E-state index is 6.04. The lowest BCUT2D eigenvalue weighted by Gasteiger charge is -2.26. The Morgan fingerprint density at radius 2 is 1.85 bits per heavy atom. The third-order valence-corrected chi connectivity index (χ3v) is 4.91. The van der Waals surface area contributed by atoms with Crippen molar-refractivity contribution >= 4 is 17.6 Å². The van der Waals surface area contributed by atoms with E-state index in [2.05, 4.69) is 27.3 Å². The van der Waals surface area contributed by atoms with Gasteiger partial charge in [0.05, 0.1) is 19.8 Å². The first-order chi connectivity index (χ1) is 13.2. The molecule has 1 heterocycles. The summed E-state index contributed by atoms with van der Waals surface area (Å²) >= 11 is 6.00. The molecule has 0 radical (unpaired) electrons. The summed E-state index contributed by atoms with van der Waals surface area (Å²) in [6.07, 6.45) is 1.04. The predicted molar refractivity (Wildman–Crippen MR) is 112 cm³/mol. The molecule has 1 saturated heterocycles. The topological polar surface area (TPSA) is 62.9 Å². The van der Waals surface area contributed by atoms with Crippen LogP contribution in [0.1, 0.15) is 12.0 Å². The monoisotopic (exact) mass is 386 g/mol. The number of aliphatic imine (C=N–C) groups is 1. The molecule has 0 aromatic heterocycles. The number of rotatable bonds is 7. The minimum absolute atomic E-state index is 0.489. The van der Waals surface area contributed by atoms with Gasteiger partial charge in [-0.15, -0.1) is 0 Å². The minimum Gasteiger partial charge on any atom is -0.379 e. The summed E-state index contributed by atoms with van der Waals surface area (Å²) in [7, 11) is 0. The second kappa shape index (κ2) is 10.3. The molecule has 27 heavy (non-hydrogen) atoms. The molecule has 5 nitrogen and oxygen atoms in total. The van der Waals surface area contributed by atoms with Crippen LogP contribution in [0.25, 0.3) is 11.1 Å². The molecule has 0 amide bonds. The zero-order valence-electron chi connectivity index (χ0n) is 15.5. The molecule has 0 bridgehead atoms. The summed E-state index contributed by atoms with van der Waals surface area (Å²) in [5, 5.41) is 3.95. The minimum atomic E-state index is 0.489. The molecular weight excluding hydrogens is 360 g/mol. The van der Waals surface area contributed by atoms with Gasteiger partial charge in [0, 0.05) is 24.7 Å². The van der Waals surface area contributed by atoms with Crippen LogP contribution < -0.4 is 11.1 Å². The van der Waals surface area contributed by atoms with Gasteiger partial charge in [-0.05, 0) is 41.8 Å². The highest BCUT2D eigenvalue weighted by Crippen LogP contribution is 2.25. The number of morpholine rings is 1. The van der Waals surface area contributed by atoms with Crippen LogP contribution in [0.4, 0.5) is 0 Å². The average Bonchev–Trinajstić information content (AvgIpc) is 2.71. The van der Waals surface area contributed by atoms with Crippen LogP contribution in [0.15, 0.2) is 53.5 Å². The fraction of sp³-hybridized carbons (Fsp3) is 0.381. The molecule has 1 aliphatic heterocycles. The largest absolute Gasteiger partial charge is 0.379 e. The third kappa shape index (κ3) is 6.24. The number of hydrogen-bond acceptors (Lipinski definition) is 3. The van der Waals surface area contributed by atoms with Crippen LogP contribution in [0, 0.1) is 0 Å². The Morgan fingerprint density at radius 1 is 1.11 bits per heavy atom. The number of nitrogens with one attached hydrogen (secondary N) is 1. The van der Waals surface area contributed by atoms with Crippen LogP contribution in [0.5, 0.6) is 0 Å². The van der Waals surface area contributed by atoms with Crippen molar-refractivity contribution in [3.05, 3.63) is 59.1 Å². The maximum atomic E-state index is 6.04. The van der Waals surface area contributed by atoms with Crippen LogP contribution >= 0.6 is 11.6 Å². The summed E-state index contributed by atoms with van der Waals surface area (Å²) in [5.74, 6) is 0.489. The van der Waals surface area contributed by atoms with Gasteiger partial charge in [-0.3, -0.25) is 4.90 Å². The summed E-state index contributed by atoms with van der Waals surface area (Å²) in [6, 6.07) is 16.1. The fourth-order valence-electron chi connectivity index (χ4n) is 3.14. The second-order valence-electron chi connectivity index (χ2n) is 6.60. The van der Waals surface area contributed by atoms with Gasteiger partial charge < -0.3 is 15.8 Å². The number of halogens is 1. The lowest BCUT2D eigenvalue weighted by Crippen LogP contribution is -2.39. The summed E-state index contributed by atoms with van der Waals surface area (Å²) in [4.78, 5) is 6.92. The van der Waals surface area contributed by atoms with E-state index in [1.54, 1.807) is 0 Å². The van der Waals surface area contributed by atoms with Crippen LogP contribution in [-0.2, 0) is 11.3 Å². The van der Waals surface area contributed by atoms with E-state index in [1.165, 1.54) is 0 Å². The Hall–Kier alpha value is -2.08. The Morgan fingerprint density at radius 3 is 2.63 bits per heavy atom. The molecular formula is C21H27ClN4O. The van der Waals surface area contributed by atoms with E-state index in [1.807, 2.05) is 36.4 Å². The third-order valence-electron chi connectivity index (χ3n) is 4.65. The van der Waals surface area contributed by atoms with Gasteiger partial charge in [0.25, 0.3) is 0 Å². The van der Waals surface area contributed by atoms with Crippen molar-refractivity contribution in [1.29, 1.82) is 0 Å². The summed E-state index contributed by atoms with van der Waals surface area (Å²) < 4.78 is 5.36. The number of hydrogen-bond donors (Lipinski definition) is 2. The van der Waals surface area contributed by atoms with Gasteiger partial charge in [-0.2, -0.15) is 0 Å². The zero-order valence-corrected chi connectivity index (χ0v) is 16.3. The lowest BCUT2D eigenvalue weighted by atomic mass is 10.00. The van der Waals surface area contributed by atoms with E-state index in [0.29, 0.717) is 12.5 Å². The highest BCUT2D eigenvalue weighted by molar-refractivity contribution is 6.30. The number of benzene rings is 2. The number of nitrogens with zero attached hydrogens (tertiary/aromatic N) is 2. The van der Waals surface area contributed by atoms with Gasteiger partial charge >= 0.3 is 0 Å². The Bertz CT molecular complexity index is 742. The first-order valence-electron chi connectivity index (χ1n) is 9.40. The molecule has 0 aliphatic carbocycles. The maximum Gasteiger partial charge on any atom is 0.188 e.